The Morgan fingerprint density at radius 2 is 1.89 bits per heavy atom. The zero-order valence-corrected chi connectivity index (χ0v) is 17.2. The maximum Gasteiger partial charge on any atom is 0.263 e. The lowest BCUT2D eigenvalue weighted by atomic mass is 9.94. The fourth-order valence-corrected chi connectivity index (χ4v) is 5.35. The van der Waals surface area contributed by atoms with Gasteiger partial charge in [-0.15, -0.1) is 10.2 Å². The molecule has 0 spiro atoms. The number of sulfonamides is 1. The summed E-state index contributed by atoms with van der Waals surface area (Å²) in [5.41, 5.74) is 1.04. The van der Waals surface area contributed by atoms with Crippen molar-refractivity contribution in [2.45, 2.75) is 62.8 Å². The molecule has 1 aromatic heterocycles. The van der Waals surface area contributed by atoms with Crippen molar-refractivity contribution in [1.29, 1.82) is 0 Å². The zero-order chi connectivity index (χ0) is 19.6. The maximum atomic E-state index is 12.6. The lowest BCUT2D eigenvalue weighted by Gasteiger charge is -2.21. The number of carbonyl (C=O) groups is 1. The molecule has 1 aliphatic carbocycles. The van der Waals surface area contributed by atoms with Gasteiger partial charge in [-0.1, -0.05) is 43.7 Å². The molecule has 7 nitrogen and oxygen atoms in total. The van der Waals surface area contributed by atoms with Crippen molar-refractivity contribution in [3.63, 3.8) is 0 Å². The fourth-order valence-electron chi connectivity index (χ4n) is 3.37. The molecule has 1 heterocycles. The van der Waals surface area contributed by atoms with E-state index in [1.165, 1.54) is 18.3 Å². The van der Waals surface area contributed by atoms with Gasteiger partial charge in [0.1, 0.15) is 5.01 Å². The highest BCUT2D eigenvalue weighted by Gasteiger charge is 2.29. The van der Waals surface area contributed by atoms with Gasteiger partial charge in [0, 0.05) is 24.8 Å². The van der Waals surface area contributed by atoms with Crippen LogP contribution in [0.25, 0.3) is 0 Å². The van der Waals surface area contributed by atoms with Crippen LogP contribution in [0.3, 0.4) is 0 Å². The molecule has 2 atom stereocenters. The van der Waals surface area contributed by atoms with Crippen LogP contribution in [-0.2, 0) is 14.8 Å². The summed E-state index contributed by atoms with van der Waals surface area (Å²) in [6.07, 6.45) is 2.98. The van der Waals surface area contributed by atoms with Crippen molar-refractivity contribution in [2.24, 2.45) is 0 Å². The van der Waals surface area contributed by atoms with Crippen LogP contribution in [0.15, 0.2) is 29.2 Å². The molecule has 27 heavy (non-hydrogen) atoms. The Morgan fingerprint density at radius 1 is 1.19 bits per heavy atom. The Hall–Kier alpha value is -2.00. The highest BCUT2D eigenvalue weighted by molar-refractivity contribution is 7.93. The number of nitrogens with zero attached hydrogens (tertiary/aromatic N) is 2. The third-order valence-corrected chi connectivity index (χ3v) is 7.30. The maximum absolute atomic E-state index is 12.6. The number of anilines is 1. The van der Waals surface area contributed by atoms with Gasteiger partial charge in [0.25, 0.3) is 10.0 Å². The number of hydrogen-bond donors (Lipinski definition) is 2. The molecular formula is C18H24N4O3S2. The minimum absolute atomic E-state index is 0.0341. The van der Waals surface area contributed by atoms with Crippen molar-refractivity contribution in [1.82, 2.24) is 15.5 Å². The van der Waals surface area contributed by atoms with Crippen LogP contribution in [0.1, 0.15) is 62.4 Å². The molecule has 0 radical (unpaired) electrons. The Bertz CT molecular complexity index is 907. The van der Waals surface area contributed by atoms with Crippen molar-refractivity contribution in [3.05, 3.63) is 34.8 Å². The average molecular weight is 409 g/mol. The number of carbonyl (C=O) groups excluding carboxylic acids is 1. The Balaban J connectivity index is 1.74. The Kier molecular flexibility index (Phi) is 5.81. The number of amides is 1. The van der Waals surface area contributed by atoms with Crippen molar-refractivity contribution < 1.29 is 13.2 Å². The average Bonchev–Trinajstić information content (AvgIpc) is 3.23. The molecule has 2 aromatic rings. The van der Waals surface area contributed by atoms with Gasteiger partial charge in [-0.3, -0.25) is 9.52 Å². The van der Waals surface area contributed by atoms with Gasteiger partial charge >= 0.3 is 0 Å². The first kappa shape index (κ1) is 19.8. The molecule has 0 bridgehead atoms. The lowest BCUT2D eigenvalue weighted by Crippen LogP contribution is -2.34. The van der Waals surface area contributed by atoms with Gasteiger partial charge < -0.3 is 5.32 Å². The summed E-state index contributed by atoms with van der Waals surface area (Å²) in [4.78, 5) is 11.6. The van der Waals surface area contributed by atoms with Crippen LogP contribution in [0.2, 0.25) is 0 Å². The Morgan fingerprint density at radius 3 is 2.48 bits per heavy atom. The molecule has 1 saturated carbocycles. The quantitative estimate of drug-likeness (QED) is 0.764. The van der Waals surface area contributed by atoms with Gasteiger partial charge in [-0.2, -0.15) is 0 Å². The molecule has 1 fully saturated rings. The summed E-state index contributed by atoms with van der Waals surface area (Å²) in [5, 5.41) is 12.0. The molecule has 0 aliphatic heterocycles. The first-order chi connectivity index (χ1) is 12.8. The normalized spacial score (nSPS) is 20.0. The summed E-state index contributed by atoms with van der Waals surface area (Å²) >= 11 is 1.24. The van der Waals surface area contributed by atoms with Gasteiger partial charge in [0.15, 0.2) is 0 Å². The SMILES string of the molecule is CC(=O)NC1CCC[C@H]1c1ccc(S(=O)(=O)Nc2nnc(C(C)C)s2)cc1. The third kappa shape index (κ3) is 4.65. The molecule has 1 unspecified atom stereocenters. The molecule has 1 aromatic carbocycles. The highest BCUT2D eigenvalue weighted by Crippen LogP contribution is 2.35. The first-order valence-corrected chi connectivity index (χ1v) is 11.3. The monoisotopic (exact) mass is 408 g/mol. The summed E-state index contributed by atoms with van der Waals surface area (Å²) in [6.45, 7) is 5.48. The van der Waals surface area contributed by atoms with E-state index < -0.39 is 10.0 Å². The molecule has 1 aliphatic rings. The second-order valence-corrected chi connectivity index (χ2v) is 9.81. The van der Waals surface area contributed by atoms with E-state index in [4.69, 9.17) is 0 Å². The van der Waals surface area contributed by atoms with Gasteiger partial charge in [-0.25, -0.2) is 8.42 Å². The molecule has 3 rings (SSSR count). The number of aromatic nitrogens is 2. The van der Waals surface area contributed by atoms with Gasteiger partial charge in [0.2, 0.25) is 11.0 Å². The zero-order valence-electron chi connectivity index (χ0n) is 15.6. The minimum atomic E-state index is -3.71. The second-order valence-electron chi connectivity index (χ2n) is 7.12. The van der Waals surface area contributed by atoms with Crippen LogP contribution in [-0.4, -0.2) is 30.6 Å². The standard InChI is InChI=1S/C18H24N4O3S2/c1-11(2)17-20-21-18(26-17)22-27(24,25)14-9-7-13(8-10-14)15-5-4-6-16(15)19-12(3)23/h7-11,15-16H,4-6H2,1-3H3,(H,19,23)(H,21,22)/t15-,16?/m0/s1. The summed E-state index contributed by atoms with van der Waals surface area (Å²) in [7, 11) is -3.71. The largest absolute Gasteiger partial charge is 0.353 e. The smallest absolute Gasteiger partial charge is 0.263 e. The summed E-state index contributed by atoms with van der Waals surface area (Å²) < 4.78 is 27.7. The van der Waals surface area contributed by atoms with Crippen molar-refractivity contribution >= 4 is 32.4 Å². The van der Waals surface area contributed by atoms with E-state index in [2.05, 4.69) is 20.2 Å². The molecule has 9 heteroatoms. The third-order valence-electron chi connectivity index (χ3n) is 4.68. The number of benzene rings is 1. The predicted molar refractivity (Wildman–Crippen MR) is 105 cm³/mol. The second kappa shape index (κ2) is 7.93. The van der Waals surface area contributed by atoms with Gasteiger partial charge in [-0.05, 0) is 30.5 Å². The van der Waals surface area contributed by atoms with Crippen LogP contribution in [0.4, 0.5) is 5.13 Å². The van der Waals surface area contributed by atoms with E-state index in [1.807, 2.05) is 26.0 Å². The summed E-state index contributed by atoms with van der Waals surface area (Å²) in [6, 6.07) is 6.98. The molecule has 2 N–H and O–H groups in total. The van der Waals surface area contributed by atoms with Crippen molar-refractivity contribution in [3.8, 4) is 0 Å². The Labute approximate surface area is 163 Å². The van der Waals surface area contributed by atoms with E-state index in [-0.39, 0.29) is 33.8 Å². The number of nitrogens with one attached hydrogen (secondary N) is 2. The van der Waals surface area contributed by atoms with Crippen LogP contribution >= 0.6 is 11.3 Å². The van der Waals surface area contributed by atoms with E-state index in [0.717, 1.165) is 29.8 Å². The molecule has 146 valence electrons. The van der Waals surface area contributed by atoms with E-state index >= 15 is 0 Å². The van der Waals surface area contributed by atoms with Gasteiger partial charge in [0.05, 0.1) is 4.90 Å². The minimum Gasteiger partial charge on any atom is -0.353 e. The predicted octanol–water partition coefficient (Wildman–Crippen LogP) is 3.23. The van der Waals surface area contributed by atoms with Crippen LogP contribution in [0.5, 0.6) is 0 Å². The summed E-state index contributed by atoms with van der Waals surface area (Å²) in [5.74, 6) is 0.381. The molecule has 1 amide bonds. The van der Waals surface area contributed by atoms with Crippen molar-refractivity contribution in [2.75, 3.05) is 4.72 Å². The van der Waals surface area contributed by atoms with E-state index in [1.54, 1.807) is 12.1 Å². The van der Waals surface area contributed by atoms with Crippen LogP contribution in [0, 0.1) is 0 Å². The molecular weight excluding hydrogens is 384 g/mol. The molecule has 0 saturated heterocycles. The van der Waals surface area contributed by atoms with Crippen LogP contribution < -0.4 is 10.0 Å². The number of hydrogen-bond acceptors (Lipinski definition) is 6. The van der Waals surface area contributed by atoms with E-state index in [0.29, 0.717) is 0 Å². The topological polar surface area (TPSA) is 101 Å². The highest BCUT2D eigenvalue weighted by atomic mass is 32.2. The van der Waals surface area contributed by atoms with E-state index in [9.17, 15) is 13.2 Å². The fraction of sp³-hybridized carbons (Fsp3) is 0.500. The lowest BCUT2D eigenvalue weighted by molar-refractivity contribution is -0.119. The number of rotatable bonds is 6. The first-order valence-electron chi connectivity index (χ1n) is 8.99.